The van der Waals surface area contributed by atoms with Gasteiger partial charge < -0.3 is 4.74 Å². The first-order chi connectivity index (χ1) is 8.83. The van der Waals surface area contributed by atoms with Crippen LogP contribution in [0.1, 0.15) is 49.5 Å². The first-order valence-electron chi connectivity index (χ1n) is 6.37. The Morgan fingerprint density at radius 3 is 2.37 bits per heavy atom. The molecule has 0 bridgehead atoms. The molecular formula is C14H20O4S. The van der Waals surface area contributed by atoms with Crippen molar-refractivity contribution in [2.24, 2.45) is 0 Å². The molecule has 0 aliphatic heterocycles. The number of sulfone groups is 1. The number of esters is 1. The van der Waals surface area contributed by atoms with Gasteiger partial charge in [0, 0.05) is 0 Å². The molecule has 0 atom stereocenters. The third-order valence-electron chi connectivity index (χ3n) is 2.86. The van der Waals surface area contributed by atoms with Crippen molar-refractivity contribution in [1.29, 1.82) is 0 Å². The van der Waals surface area contributed by atoms with Crippen molar-refractivity contribution in [1.82, 2.24) is 0 Å². The minimum atomic E-state index is -3.35. The quantitative estimate of drug-likeness (QED) is 0.780. The second-order valence-corrected chi connectivity index (χ2v) is 6.78. The highest BCUT2D eigenvalue weighted by Gasteiger charge is 2.21. The van der Waals surface area contributed by atoms with Crippen LogP contribution in [-0.4, -0.2) is 26.7 Å². The molecule has 1 aromatic rings. The average Bonchev–Trinajstić information content (AvgIpc) is 2.38. The zero-order valence-corrected chi connectivity index (χ0v) is 12.6. The standard InChI is InChI=1S/C14H20O4S/c1-5-18-14(15)11-7-8-12(10(3)4)13(9-11)19(16,17)6-2/h7-10H,5-6H2,1-4H3. The molecule has 1 aromatic carbocycles. The summed E-state index contributed by atoms with van der Waals surface area (Å²) in [7, 11) is -3.35. The van der Waals surface area contributed by atoms with E-state index in [1.807, 2.05) is 13.8 Å². The lowest BCUT2D eigenvalue weighted by Gasteiger charge is -2.14. The van der Waals surface area contributed by atoms with Crippen LogP contribution in [0.3, 0.4) is 0 Å². The van der Waals surface area contributed by atoms with E-state index in [0.717, 1.165) is 5.56 Å². The molecule has 0 saturated heterocycles. The molecule has 0 aliphatic carbocycles. The van der Waals surface area contributed by atoms with Crippen LogP contribution in [-0.2, 0) is 14.6 Å². The van der Waals surface area contributed by atoms with Crippen molar-refractivity contribution in [3.63, 3.8) is 0 Å². The van der Waals surface area contributed by atoms with Crippen molar-refractivity contribution < 1.29 is 17.9 Å². The van der Waals surface area contributed by atoms with E-state index < -0.39 is 15.8 Å². The molecule has 0 N–H and O–H groups in total. The largest absolute Gasteiger partial charge is 0.462 e. The molecule has 0 aliphatic rings. The van der Waals surface area contributed by atoms with E-state index in [1.54, 1.807) is 26.0 Å². The van der Waals surface area contributed by atoms with Gasteiger partial charge in [-0.2, -0.15) is 0 Å². The smallest absolute Gasteiger partial charge is 0.338 e. The second-order valence-electron chi connectivity index (χ2n) is 4.53. The van der Waals surface area contributed by atoms with Crippen molar-refractivity contribution in [3.05, 3.63) is 29.3 Å². The molecule has 0 saturated carbocycles. The Balaban J connectivity index is 3.39. The molecule has 0 amide bonds. The van der Waals surface area contributed by atoms with Gasteiger partial charge >= 0.3 is 5.97 Å². The maximum Gasteiger partial charge on any atom is 0.338 e. The Kier molecular flexibility index (Phi) is 5.11. The zero-order chi connectivity index (χ0) is 14.6. The van der Waals surface area contributed by atoms with Gasteiger partial charge in [0.2, 0.25) is 0 Å². The maximum absolute atomic E-state index is 12.1. The van der Waals surface area contributed by atoms with Gasteiger partial charge in [-0.3, -0.25) is 0 Å². The molecule has 1 rings (SSSR count). The molecular weight excluding hydrogens is 264 g/mol. The molecule has 0 spiro atoms. The van der Waals surface area contributed by atoms with E-state index in [4.69, 9.17) is 4.74 Å². The SMILES string of the molecule is CCOC(=O)c1ccc(C(C)C)c(S(=O)(=O)CC)c1. The van der Waals surface area contributed by atoms with Crippen LogP contribution in [0.4, 0.5) is 0 Å². The van der Waals surface area contributed by atoms with E-state index in [0.29, 0.717) is 0 Å². The summed E-state index contributed by atoms with van der Waals surface area (Å²) in [6.07, 6.45) is 0. The topological polar surface area (TPSA) is 60.4 Å². The Labute approximate surface area is 114 Å². The fraction of sp³-hybridized carbons (Fsp3) is 0.500. The van der Waals surface area contributed by atoms with E-state index >= 15 is 0 Å². The summed E-state index contributed by atoms with van der Waals surface area (Å²) in [5, 5.41) is 0. The van der Waals surface area contributed by atoms with E-state index in [9.17, 15) is 13.2 Å². The summed E-state index contributed by atoms with van der Waals surface area (Å²) in [5.41, 5.74) is 1.01. The molecule has 0 heterocycles. The van der Waals surface area contributed by atoms with Crippen molar-refractivity contribution >= 4 is 15.8 Å². The predicted octanol–water partition coefficient (Wildman–Crippen LogP) is 2.78. The lowest BCUT2D eigenvalue weighted by Crippen LogP contribution is -2.11. The lowest BCUT2D eigenvalue weighted by atomic mass is 10.0. The number of rotatable bonds is 5. The summed E-state index contributed by atoms with van der Waals surface area (Å²) in [6.45, 7) is 7.42. The minimum Gasteiger partial charge on any atom is -0.462 e. The van der Waals surface area contributed by atoms with Crippen molar-refractivity contribution in [2.45, 2.75) is 38.5 Å². The highest BCUT2D eigenvalue weighted by atomic mass is 32.2. The fourth-order valence-electron chi connectivity index (χ4n) is 1.78. The van der Waals surface area contributed by atoms with Gasteiger partial charge in [0.25, 0.3) is 0 Å². The van der Waals surface area contributed by atoms with Gasteiger partial charge in [-0.15, -0.1) is 0 Å². The number of hydrogen-bond donors (Lipinski definition) is 0. The Bertz CT molecular complexity index is 559. The average molecular weight is 284 g/mol. The van der Waals surface area contributed by atoms with Gasteiger partial charge in [-0.25, -0.2) is 13.2 Å². The van der Waals surface area contributed by atoms with Crippen LogP contribution in [0.2, 0.25) is 0 Å². The Morgan fingerprint density at radius 1 is 1.26 bits per heavy atom. The van der Waals surface area contributed by atoms with Crippen molar-refractivity contribution in [3.8, 4) is 0 Å². The molecule has 0 fully saturated rings. The third kappa shape index (κ3) is 3.56. The summed E-state index contributed by atoms with van der Waals surface area (Å²) < 4.78 is 29.1. The summed E-state index contributed by atoms with van der Waals surface area (Å²) in [6, 6.07) is 4.73. The van der Waals surface area contributed by atoms with Crippen LogP contribution in [0.5, 0.6) is 0 Å². The number of carbonyl (C=O) groups is 1. The molecule has 5 heteroatoms. The van der Waals surface area contributed by atoms with E-state index in [-0.39, 0.29) is 28.7 Å². The first-order valence-corrected chi connectivity index (χ1v) is 8.02. The molecule has 0 radical (unpaired) electrons. The highest BCUT2D eigenvalue weighted by Crippen LogP contribution is 2.26. The second kappa shape index (κ2) is 6.19. The molecule has 0 aromatic heterocycles. The van der Waals surface area contributed by atoms with E-state index in [2.05, 4.69) is 0 Å². The lowest BCUT2D eigenvalue weighted by molar-refractivity contribution is 0.0526. The number of hydrogen-bond acceptors (Lipinski definition) is 4. The van der Waals surface area contributed by atoms with Gasteiger partial charge in [0.05, 0.1) is 22.8 Å². The summed E-state index contributed by atoms with van der Waals surface area (Å²) in [4.78, 5) is 11.9. The Morgan fingerprint density at radius 2 is 1.89 bits per heavy atom. The number of ether oxygens (including phenoxy) is 1. The summed E-state index contributed by atoms with van der Waals surface area (Å²) >= 11 is 0. The normalized spacial score (nSPS) is 11.6. The van der Waals surface area contributed by atoms with Crippen LogP contribution in [0, 0.1) is 0 Å². The first kappa shape index (κ1) is 15.7. The highest BCUT2D eigenvalue weighted by molar-refractivity contribution is 7.91. The maximum atomic E-state index is 12.1. The van der Waals surface area contributed by atoms with Gasteiger partial charge in [0.15, 0.2) is 9.84 Å². The molecule has 4 nitrogen and oxygen atoms in total. The van der Waals surface area contributed by atoms with Crippen LogP contribution in [0.25, 0.3) is 0 Å². The minimum absolute atomic E-state index is 0.0129. The molecule has 0 unspecified atom stereocenters. The summed E-state index contributed by atoms with van der Waals surface area (Å²) in [5.74, 6) is -0.406. The monoisotopic (exact) mass is 284 g/mol. The Hall–Kier alpha value is -1.36. The number of benzene rings is 1. The van der Waals surface area contributed by atoms with Gasteiger partial charge in [-0.05, 0) is 30.5 Å². The third-order valence-corrected chi connectivity index (χ3v) is 4.65. The zero-order valence-electron chi connectivity index (χ0n) is 11.8. The van der Waals surface area contributed by atoms with Gasteiger partial charge in [-0.1, -0.05) is 26.8 Å². The van der Waals surface area contributed by atoms with Crippen molar-refractivity contribution in [2.75, 3.05) is 12.4 Å². The van der Waals surface area contributed by atoms with Crippen LogP contribution >= 0.6 is 0 Å². The number of carbonyl (C=O) groups excluding carboxylic acids is 1. The molecule has 19 heavy (non-hydrogen) atoms. The van der Waals surface area contributed by atoms with Gasteiger partial charge in [0.1, 0.15) is 0 Å². The predicted molar refractivity (Wildman–Crippen MR) is 74.2 cm³/mol. The van der Waals surface area contributed by atoms with Crippen LogP contribution < -0.4 is 0 Å². The van der Waals surface area contributed by atoms with Crippen LogP contribution in [0.15, 0.2) is 23.1 Å². The molecule has 106 valence electrons. The van der Waals surface area contributed by atoms with E-state index in [1.165, 1.54) is 6.07 Å². The fourth-order valence-corrected chi connectivity index (χ4v) is 3.06.